The molecular weight excluding hydrogens is 422 g/mol. The molecule has 4 rings (SSSR count). The van der Waals surface area contributed by atoms with Crippen molar-refractivity contribution in [1.82, 2.24) is 15.0 Å². The van der Waals surface area contributed by atoms with Gasteiger partial charge in [-0.25, -0.2) is 5.43 Å². The van der Waals surface area contributed by atoms with Crippen LogP contribution in [0, 0.1) is 0 Å². The molecule has 2 saturated heterocycles. The second-order valence-corrected chi connectivity index (χ2v) is 7.78. The van der Waals surface area contributed by atoms with Crippen molar-refractivity contribution >= 4 is 39.5 Å². The van der Waals surface area contributed by atoms with Gasteiger partial charge in [-0.05, 0) is 37.5 Å². The minimum Gasteiger partial charge on any atom is -0.378 e. The second kappa shape index (κ2) is 8.83. The molecule has 0 bridgehead atoms. The Morgan fingerprint density at radius 2 is 1.57 bits per heavy atom. The summed E-state index contributed by atoms with van der Waals surface area (Å²) in [5, 5.41) is 4.49. The monoisotopic (exact) mass is 445 g/mol. The summed E-state index contributed by atoms with van der Waals surface area (Å²) in [5.74, 6) is 1.86. The number of aromatic nitrogens is 3. The fraction of sp³-hybridized carbons (Fsp3) is 0.474. The van der Waals surface area contributed by atoms with Gasteiger partial charge in [0.25, 0.3) is 0 Å². The second-order valence-electron chi connectivity index (χ2n) is 6.87. The third kappa shape index (κ3) is 4.59. The predicted octanol–water partition coefficient (Wildman–Crippen LogP) is 2.91. The van der Waals surface area contributed by atoms with E-state index < -0.39 is 0 Å². The number of nitrogens with one attached hydrogen (secondary N) is 1. The maximum atomic E-state index is 5.45. The number of benzene rings is 1. The van der Waals surface area contributed by atoms with Crippen LogP contribution >= 0.6 is 15.9 Å². The molecule has 2 aliphatic heterocycles. The van der Waals surface area contributed by atoms with Gasteiger partial charge >= 0.3 is 0 Å². The lowest BCUT2D eigenvalue weighted by molar-refractivity contribution is 0.122. The van der Waals surface area contributed by atoms with Gasteiger partial charge in [-0.1, -0.05) is 28.1 Å². The van der Waals surface area contributed by atoms with E-state index in [2.05, 4.69) is 46.2 Å². The predicted molar refractivity (Wildman–Crippen MR) is 114 cm³/mol. The highest BCUT2D eigenvalue weighted by atomic mass is 79.9. The number of hydrogen-bond acceptors (Lipinski definition) is 8. The molecule has 0 spiro atoms. The fourth-order valence-corrected chi connectivity index (χ4v) is 3.52. The average Bonchev–Trinajstić information content (AvgIpc) is 3.28. The van der Waals surface area contributed by atoms with Crippen LogP contribution in [0.25, 0.3) is 0 Å². The number of halogens is 1. The molecule has 3 heterocycles. The van der Waals surface area contributed by atoms with E-state index in [9.17, 15) is 0 Å². The van der Waals surface area contributed by atoms with E-state index in [1.165, 1.54) is 12.8 Å². The van der Waals surface area contributed by atoms with Crippen LogP contribution in [0.15, 0.2) is 33.8 Å². The van der Waals surface area contributed by atoms with E-state index in [1.54, 1.807) is 0 Å². The quantitative estimate of drug-likeness (QED) is 0.559. The Morgan fingerprint density at radius 3 is 2.21 bits per heavy atom. The van der Waals surface area contributed by atoms with E-state index in [0.717, 1.165) is 41.9 Å². The van der Waals surface area contributed by atoms with Crippen LogP contribution in [-0.4, -0.2) is 60.1 Å². The SMILES string of the molecule is C/C(=N/Nc1nc(N2CCCC2)nc(N2CCOCC2)n1)c1ccc(Br)cc1. The van der Waals surface area contributed by atoms with Gasteiger partial charge < -0.3 is 14.5 Å². The Hall–Kier alpha value is -2.26. The summed E-state index contributed by atoms with van der Waals surface area (Å²) in [4.78, 5) is 18.3. The molecule has 28 heavy (non-hydrogen) atoms. The van der Waals surface area contributed by atoms with Crippen LogP contribution in [0.5, 0.6) is 0 Å². The first-order valence-electron chi connectivity index (χ1n) is 9.59. The summed E-state index contributed by atoms with van der Waals surface area (Å²) in [6.07, 6.45) is 2.34. The first kappa shape index (κ1) is 19.1. The number of rotatable bonds is 5. The maximum absolute atomic E-state index is 5.45. The number of hydrazone groups is 1. The Kier molecular flexibility index (Phi) is 6.01. The van der Waals surface area contributed by atoms with Crippen molar-refractivity contribution < 1.29 is 4.74 Å². The van der Waals surface area contributed by atoms with Crippen LogP contribution in [0.1, 0.15) is 25.3 Å². The van der Waals surface area contributed by atoms with Gasteiger partial charge in [-0.15, -0.1) is 0 Å². The van der Waals surface area contributed by atoms with Crippen molar-refractivity contribution in [2.24, 2.45) is 5.10 Å². The Labute approximate surface area is 173 Å². The maximum Gasteiger partial charge on any atom is 0.250 e. The number of anilines is 3. The zero-order chi connectivity index (χ0) is 19.3. The topological polar surface area (TPSA) is 78.8 Å². The number of hydrogen-bond donors (Lipinski definition) is 1. The van der Waals surface area contributed by atoms with Crippen LogP contribution in [0.3, 0.4) is 0 Å². The van der Waals surface area contributed by atoms with Crippen LogP contribution in [0.2, 0.25) is 0 Å². The lowest BCUT2D eigenvalue weighted by Gasteiger charge is -2.27. The minimum absolute atomic E-state index is 0.467. The number of morpholine rings is 1. The number of nitrogens with zero attached hydrogens (tertiary/aromatic N) is 6. The summed E-state index contributed by atoms with van der Waals surface area (Å²) >= 11 is 3.46. The van der Waals surface area contributed by atoms with E-state index in [0.29, 0.717) is 31.1 Å². The normalized spacial score (nSPS) is 17.9. The number of ether oxygens (including phenoxy) is 1. The summed E-state index contributed by atoms with van der Waals surface area (Å²) in [6.45, 7) is 6.86. The van der Waals surface area contributed by atoms with Crippen LogP contribution in [-0.2, 0) is 4.74 Å². The van der Waals surface area contributed by atoms with Crippen molar-refractivity contribution in [3.8, 4) is 0 Å². The summed E-state index contributed by atoms with van der Waals surface area (Å²) in [7, 11) is 0. The van der Waals surface area contributed by atoms with E-state index in [-0.39, 0.29) is 0 Å². The molecule has 0 saturated carbocycles. The molecule has 2 aromatic rings. The molecule has 9 heteroatoms. The average molecular weight is 446 g/mol. The highest BCUT2D eigenvalue weighted by Crippen LogP contribution is 2.21. The fourth-order valence-electron chi connectivity index (χ4n) is 3.26. The molecule has 1 N–H and O–H groups in total. The Balaban J connectivity index is 1.58. The van der Waals surface area contributed by atoms with Crippen LogP contribution in [0.4, 0.5) is 17.8 Å². The Bertz CT molecular complexity index is 831. The summed E-state index contributed by atoms with van der Waals surface area (Å²) < 4.78 is 6.50. The van der Waals surface area contributed by atoms with Crippen molar-refractivity contribution in [1.29, 1.82) is 0 Å². The highest BCUT2D eigenvalue weighted by Gasteiger charge is 2.21. The van der Waals surface area contributed by atoms with Crippen LogP contribution < -0.4 is 15.2 Å². The smallest absolute Gasteiger partial charge is 0.250 e. The van der Waals surface area contributed by atoms with Crippen molar-refractivity contribution in [3.63, 3.8) is 0 Å². The van der Waals surface area contributed by atoms with Gasteiger partial charge in [0.05, 0.1) is 18.9 Å². The lowest BCUT2D eigenvalue weighted by atomic mass is 10.1. The van der Waals surface area contributed by atoms with Gasteiger partial charge in [0.15, 0.2) is 0 Å². The molecule has 0 amide bonds. The van der Waals surface area contributed by atoms with Gasteiger partial charge in [0, 0.05) is 30.7 Å². The molecule has 2 fully saturated rings. The third-order valence-electron chi connectivity index (χ3n) is 4.88. The molecule has 148 valence electrons. The molecule has 8 nitrogen and oxygen atoms in total. The summed E-state index contributed by atoms with van der Waals surface area (Å²) in [6, 6.07) is 8.04. The molecule has 0 atom stereocenters. The lowest BCUT2D eigenvalue weighted by Crippen LogP contribution is -2.38. The van der Waals surface area contributed by atoms with Gasteiger partial charge in [0.1, 0.15) is 0 Å². The standard InChI is InChI=1S/C19H24BrN7O/c1-14(15-4-6-16(20)7-5-15)24-25-17-21-18(26-8-2-3-9-26)23-19(22-17)27-10-12-28-13-11-27/h4-7H,2-3,8-13H2,1H3,(H,21,22,23,25)/b24-14-. The van der Waals surface area contributed by atoms with E-state index in [1.807, 2.05) is 31.2 Å². The minimum atomic E-state index is 0.467. The van der Waals surface area contributed by atoms with E-state index in [4.69, 9.17) is 9.72 Å². The molecule has 0 aliphatic carbocycles. The van der Waals surface area contributed by atoms with Gasteiger partial charge in [0.2, 0.25) is 17.8 Å². The molecule has 0 radical (unpaired) electrons. The van der Waals surface area contributed by atoms with Crippen molar-refractivity contribution in [3.05, 3.63) is 34.3 Å². The molecule has 2 aliphatic rings. The zero-order valence-corrected chi connectivity index (χ0v) is 17.5. The molecule has 1 aromatic heterocycles. The first-order valence-corrected chi connectivity index (χ1v) is 10.4. The van der Waals surface area contributed by atoms with Crippen molar-refractivity contribution in [2.75, 3.05) is 54.6 Å². The van der Waals surface area contributed by atoms with Gasteiger partial charge in [-0.2, -0.15) is 20.1 Å². The molecular formula is C19H24BrN7O. The van der Waals surface area contributed by atoms with Crippen molar-refractivity contribution in [2.45, 2.75) is 19.8 Å². The zero-order valence-electron chi connectivity index (χ0n) is 15.9. The molecule has 0 unspecified atom stereocenters. The van der Waals surface area contributed by atoms with E-state index >= 15 is 0 Å². The van der Waals surface area contributed by atoms with Gasteiger partial charge in [-0.3, -0.25) is 0 Å². The first-order chi connectivity index (χ1) is 13.7. The largest absolute Gasteiger partial charge is 0.378 e. The molecule has 1 aromatic carbocycles. The summed E-state index contributed by atoms with van der Waals surface area (Å²) in [5.41, 5.74) is 4.93. The third-order valence-corrected chi connectivity index (χ3v) is 5.41. The highest BCUT2D eigenvalue weighted by molar-refractivity contribution is 9.10. The Morgan fingerprint density at radius 1 is 0.964 bits per heavy atom.